The van der Waals surface area contributed by atoms with Crippen LogP contribution in [0.25, 0.3) is 5.69 Å². The normalized spacial score (nSPS) is 12.3. The van der Waals surface area contributed by atoms with Gasteiger partial charge in [0, 0.05) is 13.2 Å². The molecule has 0 saturated heterocycles. The highest BCUT2D eigenvalue weighted by molar-refractivity contribution is 5.60. The van der Waals surface area contributed by atoms with Gasteiger partial charge in [-0.25, -0.2) is 9.67 Å². The molecule has 2 aromatic rings. The number of rotatable bonds is 6. The predicted octanol–water partition coefficient (Wildman–Crippen LogP) is 2.10. The summed E-state index contributed by atoms with van der Waals surface area (Å²) < 4.78 is 6.95. The zero-order valence-electron chi connectivity index (χ0n) is 10.7. The van der Waals surface area contributed by atoms with Crippen LogP contribution in [0.5, 0.6) is 0 Å². The third-order valence-electron chi connectivity index (χ3n) is 2.79. The van der Waals surface area contributed by atoms with Gasteiger partial charge in [-0.05, 0) is 18.6 Å². The Morgan fingerprint density at radius 2 is 2.22 bits per heavy atom. The van der Waals surface area contributed by atoms with Gasteiger partial charge in [0.25, 0.3) is 0 Å². The van der Waals surface area contributed by atoms with E-state index in [1.807, 2.05) is 24.3 Å². The Kier molecular flexibility index (Phi) is 4.30. The largest absolute Gasteiger partial charge is 0.383 e. The van der Waals surface area contributed by atoms with Crippen LogP contribution in [0.15, 0.2) is 36.9 Å². The second kappa shape index (κ2) is 6.16. The molecule has 1 aromatic heterocycles. The second-order valence-corrected chi connectivity index (χ2v) is 4.06. The molecule has 1 aromatic carbocycles. The standard InChI is InChI=1S/C13H18N4O/c1-3-11(8-18-2)16-12-6-4-5-7-13(12)17-10-14-9-15-17/h4-7,9-11,16H,3,8H2,1-2H3. The maximum Gasteiger partial charge on any atom is 0.138 e. The Morgan fingerprint density at radius 3 is 2.89 bits per heavy atom. The van der Waals surface area contributed by atoms with Gasteiger partial charge in [0.05, 0.1) is 18.0 Å². The minimum absolute atomic E-state index is 0.291. The smallest absolute Gasteiger partial charge is 0.138 e. The Hall–Kier alpha value is -1.88. The van der Waals surface area contributed by atoms with E-state index < -0.39 is 0 Å². The van der Waals surface area contributed by atoms with Crippen LogP contribution < -0.4 is 5.32 Å². The molecule has 5 nitrogen and oxygen atoms in total. The minimum atomic E-state index is 0.291. The number of nitrogens with zero attached hydrogens (tertiary/aromatic N) is 3. The molecule has 0 saturated carbocycles. The summed E-state index contributed by atoms with van der Waals surface area (Å²) in [5.41, 5.74) is 2.02. The predicted molar refractivity (Wildman–Crippen MR) is 70.9 cm³/mol. The summed E-state index contributed by atoms with van der Waals surface area (Å²) in [4.78, 5) is 3.97. The van der Waals surface area contributed by atoms with Gasteiger partial charge in [0.1, 0.15) is 12.7 Å². The molecule has 0 aliphatic rings. The maximum absolute atomic E-state index is 5.20. The number of hydrogen-bond acceptors (Lipinski definition) is 4. The third kappa shape index (κ3) is 2.87. The number of anilines is 1. The van der Waals surface area contributed by atoms with Crippen LogP contribution in [0.4, 0.5) is 5.69 Å². The van der Waals surface area contributed by atoms with Crippen LogP contribution in [0, 0.1) is 0 Å². The van der Waals surface area contributed by atoms with Crippen LogP contribution in [-0.4, -0.2) is 34.5 Å². The van der Waals surface area contributed by atoms with Gasteiger partial charge in [-0.3, -0.25) is 0 Å². The fraction of sp³-hybridized carbons (Fsp3) is 0.385. The van der Waals surface area contributed by atoms with Crippen molar-refractivity contribution in [1.29, 1.82) is 0 Å². The lowest BCUT2D eigenvalue weighted by Gasteiger charge is -2.19. The number of hydrogen-bond donors (Lipinski definition) is 1. The van der Waals surface area contributed by atoms with Crippen LogP contribution in [0.1, 0.15) is 13.3 Å². The number of benzene rings is 1. The number of methoxy groups -OCH3 is 1. The van der Waals surface area contributed by atoms with Crippen LogP contribution in [0.2, 0.25) is 0 Å². The Morgan fingerprint density at radius 1 is 1.39 bits per heavy atom. The first-order valence-corrected chi connectivity index (χ1v) is 6.04. The van der Waals surface area contributed by atoms with Crippen molar-refractivity contribution in [3.63, 3.8) is 0 Å². The molecule has 18 heavy (non-hydrogen) atoms. The lowest BCUT2D eigenvalue weighted by molar-refractivity contribution is 0.184. The van der Waals surface area contributed by atoms with E-state index in [4.69, 9.17) is 4.74 Å². The summed E-state index contributed by atoms with van der Waals surface area (Å²) in [6, 6.07) is 8.33. The third-order valence-corrected chi connectivity index (χ3v) is 2.79. The Balaban J connectivity index is 2.22. The minimum Gasteiger partial charge on any atom is -0.383 e. The molecular weight excluding hydrogens is 228 g/mol. The Bertz CT molecular complexity index is 470. The number of nitrogens with one attached hydrogen (secondary N) is 1. The molecule has 96 valence electrons. The van der Waals surface area contributed by atoms with Crippen molar-refractivity contribution in [2.75, 3.05) is 19.0 Å². The molecule has 0 spiro atoms. The first kappa shape index (κ1) is 12.6. The number of aromatic nitrogens is 3. The highest BCUT2D eigenvalue weighted by Gasteiger charge is 2.09. The van der Waals surface area contributed by atoms with Crippen molar-refractivity contribution in [1.82, 2.24) is 14.8 Å². The molecule has 0 radical (unpaired) electrons. The first-order chi connectivity index (χ1) is 8.85. The fourth-order valence-corrected chi connectivity index (χ4v) is 1.81. The van der Waals surface area contributed by atoms with Crippen molar-refractivity contribution in [3.05, 3.63) is 36.9 Å². The van der Waals surface area contributed by atoms with E-state index in [2.05, 4.69) is 22.3 Å². The van der Waals surface area contributed by atoms with Gasteiger partial charge >= 0.3 is 0 Å². The molecule has 0 bridgehead atoms. The summed E-state index contributed by atoms with van der Waals surface area (Å²) in [7, 11) is 1.72. The van der Waals surface area contributed by atoms with Gasteiger partial charge in [0.15, 0.2) is 0 Å². The molecule has 1 heterocycles. The molecule has 5 heteroatoms. The van der Waals surface area contributed by atoms with Crippen LogP contribution in [0.3, 0.4) is 0 Å². The zero-order valence-corrected chi connectivity index (χ0v) is 10.7. The topological polar surface area (TPSA) is 52.0 Å². The van der Waals surface area contributed by atoms with Gasteiger partial charge in [-0.15, -0.1) is 0 Å². The molecule has 1 unspecified atom stereocenters. The van der Waals surface area contributed by atoms with E-state index in [-0.39, 0.29) is 0 Å². The first-order valence-electron chi connectivity index (χ1n) is 6.04. The summed E-state index contributed by atoms with van der Waals surface area (Å²) in [6.45, 7) is 2.82. The van der Waals surface area contributed by atoms with Crippen molar-refractivity contribution in [2.45, 2.75) is 19.4 Å². The van der Waals surface area contributed by atoms with Gasteiger partial charge in [-0.2, -0.15) is 5.10 Å². The molecule has 0 aliphatic heterocycles. The maximum atomic E-state index is 5.20. The van der Waals surface area contributed by atoms with E-state index in [1.165, 1.54) is 6.33 Å². The van der Waals surface area contributed by atoms with Gasteiger partial charge in [-0.1, -0.05) is 19.1 Å². The molecule has 2 rings (SSSR count). The van der Waals surface area contributed by atoms with E-state index in [0.29, 0.717) is 12.6 Å². The average molecular weight is 246 g/mol. The van der Waals surface area contributed by atoms with E-state index in [0.717, 1.165) is 17.8 Å². The lowest BCUT2D eigenvalue weighted by atomic mass is 10.2. The Labute approximate surface area is 107 Å². The molecule has 0 fully saturated rings. The molecule has 0 aliphatic carbocycles. The van der Waals surface area contributed by atoms with Gasteiger partial charge < -0.3 is 10.1 Å². The number of ether oxygens (including phenoxy) is 1. The van der Waals surface area contributed by atoms with Crippen LogP contribution in [-0.2, 0) is 4.74 Å². The zero-order chi connectivity index (χ0) is 12.8. The van der Waals surface area contributed by atoms with Crippen molar-refractivity contribution < 1.29 is 4.74 Å². The average Bonchev–Trinajstić information content (AvgIpc) is 2.92. The quantitative estimate of drug-likeness (QED) is 0.848. The fourth-order valence-electron chi connectivity index (χ4n) is 1.81. The van der Waals surface area contributed by atoms with Crippen molar-refractivity contribution in [3.8, 4) is 5.69 Å². The molecule has 1 N–H and O–H groups in total. The highest BCUT2D eigenvalue weighted by atomic mass is 16.5. The summed E-state index contributed by atoms with van der Waals surface area (Å²) >= 11 is 0. The lowest BCUT2D eigenvalue weighted by Crippen LogP contribution is -2.24. The second-order valence-electron chi connectivity index (χ2n) is 4.06. The van der Waals surface area contributed by atoms with E-state index >= 15 is 0 Å². The molecule has 1 atom stereocenters. The SMILES string of the molecule is CCC(COC)Nc1ccccc1-n1cncn1. The molecule has 0 amide bonds. The molecular formula is C13H18N4O. The van der Waals surface area contributed by atoms with Crippen molar-refractivity contribution in [2.24, 2.45) is 0 Å². The highest BCUT2D eigenvalue weighted by Crippen LogP contribution is 2.20. The summed E-state index contributed by atoms with van der Waals surface area (Å²) in [5, 5.41) is 7.63. The van der Waals surface area contributed by atoms with E-state index in [1.54, 1.807) is 18.1 Å². The number of para-hydroxylation sites is 2. The monoisotopic (exact) mass is 246 g/mol. The summed E-state index contributed by atoms with van der Waals surface area (Å²) in [5.74, 6) is 0. The van der Waals surface area contributed by atoms with Crippen molar-refractivity contribution >= 4 is 5.69 Å². The van der Waals surface area contributed by atoms with E-state index in [9.17, 15) is 0 Å². The summed E-state index contributed by atoms with van der Waals surface area (Å²) in [6.07, 6.45) is 4.22. The van der Waals surface area contributed by atoms with Crippen LogP contribution >= 0.6 is 0 Å². The van der Waals surface area contributed by atoms with Gasteiger partial charge in [0.2, 0.25) is 0 Å².